The first kappa shape index (κ1) is 11.4. The van der Waals surface area contributed by atoms with Crippen molar-refractivity contribution in [1.29, 1.82) is 0 Å². The van der Waals surface area contributed by atoms with Crippen LogP contribution in [0.25, 0.3) is 16.9 Å². The van der Waals surface area contributed by atoms with Crippen LogP contribution in [-0.4, -0.2) is 19.1 Å². The molecule has 100 valence electrons. The summed E-state index contributed by atoms with van der Waals surface area (Å²) < 4.78 is 3.65. The zero-order valence-corrected chi connectivity index (χ0v) is 11.0. The summed E-state index contributed by atoms with van der Waals surface area (Å²) in [5, 5.41) is 0. The second kappa shape index (κ2) is 4.30. The van der Waals surface area contributed by atoms with Gasteiger partial charge in [-0.3, -0.25) is 13.9 Å². The van der Waals surface area contributed by atoms with Crippen molar-refractivity contribution in [3.63, 3.8) is 0 Å². The number of hydrogen-bond donors (Lipinski definition) is 0. The van der Waals surface area contributed by atoms with Crippen LogP contribution in [-0.2, 0) is 13.0 Å². The number of fused-ring (bicyclic) bond motifs is 2. The summed E-state index contributed by atoms with van der Waals surface area (Å²) >= 11 is 0. The lowest BCUT2D eigenvalue weighted by atomic mass is 10.1. The molecule has 0 aliphatic carbocycles. The second-order valence-corrected chi connectivity index (χ2v) is 5.06. The van der Waals surface area contributed by atoms with Crippen molar-refractivity contribution >= 4 is 11.2 Å². The molecule has 4 rings (SSSR count). The Morgan fingerprint density at radius 2 is 1.95 bits per heavy atom. The van der Waals surface area contributed by atoms with E-state index in [0.29, 0.717) is 11.2 Å². The highest BCUT2D eigenvalue weighted by atomic mass is 16.1. The molecule has 3 heterocycles. The van der Waals surface area contributed by atoms with Crippen LogP contribution in [0.3, 0.4) is 0 Å². The third-order valence-electron chi connectivity index (χ3n) is 3.80. The molecule has 0 atom stereocenters. The van der Waals surface area contributed by atoms with Gasteiger partial charge in [-0.25, -0.2) is 9.97 Å². The Hall–Kier alpha value is -2.43. The normalized spacial score (nSPS) is 14.4. The van der Waals surface area contributed by atoms with E-state index in [2.05, 4.69) is 9.97 Å². The predicted molar refractivity (Wildman–Crippen MR) is 76.1 cm³/mol. The zero-order chi connectivity index (χ0) is 13.5. The lowest BCUT2D eigenvalue weighted by molar-refractivity contribution is 0.500. The third kappa shape index (κ3) is 1.59. The summed E-state index contributed by atoms with van der Waals surface area (Å²) in [4.78, 5) is 21.4. The van der Waals surface area contributed by atoms with E-state index in [4.69, 9.17) is 0 Å². The molecule has 0 spiro atoms. The first-order valence-electron chi connectivity index (χ1n) is 6.87. The molecule has 5 nitrogen and oxygen atoms in total. The molecule has 0 bridgehead atoms. The summed E-state index contributed by atoms with van der Waals surface area (Å²) in [7, 11) is 0. The van der Waals surface area contributed by atoms with E-state index < -0.39 is 0 Å². The van der Waals surface area contributed by atoms with Crippen molar-refractivity contribution in [2.45, 2.75) is 25.8 Å². The first-order chi connectivity index (χ1) is 9.84. The van der Waals surface area contributed by atoms with Gasteiger partial charge < -0.3 is 0 Å². The Labute approximate surface area is 115 Å². The van der Waals surface area contributed by atoms with E-state index >= 15 is 0 Å². The van der Waals surface area contributed by atoms with E-state index in [1.165, 1.54) is 0 Å². The number of nitrogens with zero attached hydrogens (tertiary/aromatic N) is 4. The standard InChI is InChI=1S/C15H14N4O/c20-15-13-14(17-12-8-4-5-9-18(12)15)19(10-16-13)11-6-2-1-3-7-11/h1-3,6-7,10H,4-5,8-9H2. The molecule has 1 aliphatic rings. The fourth-order valence-corrected chi connectivity index (χ4v) is 2.78. The predicted octanol–water partition coefficient (Wildman–Crippen LogP) is 1.92. The largest absolute Gasteiger partial charge is 0.295 e. The number of para-hydroxylation sites is 1. The average molecular weight is 266 g/mol. The minimum Gasteiger partial charge on any atom is -0.295 e. The van der Waals surface area contributed by atoms with Gasteiger partial charge in [-0.2, -0.15) is 0 Å². The maximum absolute atomic E-state index is 12.5. The van der Waals surface area contributed by atoms with Crippen LogP contribution < -0.4 is 5.56 Å². The van der Waals surface area contributed by atoms with Crippen LogP contribution in [0, 0.1) is 0 Å². The summed E-state index contributed by atoms with van der Waals surface area (Å²) in [5.74, 6) is 0.881. The van der Waals surface area contributed by atoms with Gasteiger partial charge >= 0.3 is 0 Å². The Morgan fingerprint density at radius 3 is 2.80 bits per heavy atom. The maximum Gasteiger partial charge on any atom is 0.281 e. The minimum atomic E-state index is -0.0145. The van der Waals surface area contributed by atoms with Crippen molar-refractivity contribution in [1.82, 2.24) is 19.1 Å². The van der Waals surface area contributed by atoms with Gasteiger partial charge in [0.15, 0.2) is 11.2 Å². The minimum absolute atomic E-state index is 0.0145. The lowest BCUT2D eigenvalue weighted by Crippen LogP contribution is -2.28. The molecular weight excluding hydrogens is 252 g/mol. The average Bonchev–Trinajstić information content (AvgIpc) is 2.92. The second-order valence-electron chi connectivity index (χ2n) is 5.06. The topological polar surface area (TPSA) is 52.7 Å². The molecule has 0 radical (unpaired) electrons. The highest BCUT2D eigenvalue weighted by Crippen LogP contribution is 2.17. The quantitative estimate of drug-likeness (QED) is 0.676. The number of aromatic nitrogens is 4. The molecular formula is C15H14N4O. The Balaban J connectivity index is 2.02. The molecule has 5 heteroatoms. The van der Waals surface area contributed by atoms with Crippen LogP contribution in [0.1, 0.15) is 18.7 Å². The maximum atomic E-state index is 12.5. The van der Waals surface area contributed by atoms with Crippen molar-refractivity contribution in [2.75, 3.05) is 0 Å². The van der Waals surface area contributed by atoms with Gasteiger partial charge in [0.25, 0.3) is 5.56 Å². The van der Waals surface area contributed by atoms with Crippen molar-refractivity contribution < 1.29 is 0 Å². The molecule has 0 fully saturated rings. The van der Waals surface area contributed by atoms with E-state index in [9.17, 15) is 4.79 Å². The summed E-state index contributed by atoms with van der Waals surface area (Å²) in [6.45, 7) is 0.759. The van der Waals surface area contributed by atoms with Gasteiger partial charge in [-0.1, -0.05) is 18.2 Å². The highest BCUT2D eigenvalue weighted by molar-refractivity contribution is 5.72. The van der Waals surface area contributed by atoms with Gasteiger partial charge in [-0.15, -0.1) is 0 Å². The monoisotopic (exact) mass is 266 g/mol. The summed E-state index contributed by atoms with van der Waals surface area (Å²) in [5.41, 5.74) is 2.08. The van der Waals surface area contributed by atoms with Crippen LogP contribution in [0.2, 0.25) is 0 Å². The first-order valence-corrected chi connectivity index (χ1v) is 6.87. The van der Waals surface area contributed by atoms with E-state index in [1.54, 1.807) is 10.9 Å². The zero-order valence-electron chi connectivity index (χ0n) is 11.0. The smallest absolute Gasteiger partial charge is 0.281 e. The molecule has 1 aliphatic heterocycles. The molecule has 2 aromatic heterocycles. The Kier molecular flexibility index (Phi) is 2.45. The summed E-state index contributed by atoms with van der Waals surface area (Å²) in [6.07, 6.45) is 4.68. The van der Waals surface area contributed by atoms with E-state index in [1.807, 2.05) is 34.9 Å². The van der Waals surface area contributed by atoms with Gasteiger partial charge in [-0.05, 0) is 25.0 Å². The molecule has 0 unspecified atom stereocenters. The van der Waals surface area contributed by atoms with Crippen molar-refractivity contribution in [2.24, 2.45) is 0 Å². The van der Waals surface area contributed by atoms with Gasteiger partial charge in [0.2, 0.25) is 0 Å². The Morgan fingerprint density at radius 1 is 1.10 bits per heavy atom. The molecule has 0 saturated heterocycles. The van der Waals surface area contributed by atoms with Crippen LogP contribution >= 0.6 is 0 Å². The van der Waals surface area contributed by atoms with Crippen LogP contribution in [0.5, 0.6) is 0 Å². The van der Waals surface area contributed by atoms with Crippen LogP contribution in [0.15, 0.2) is 41.5 Å². The molecule has 20 heavy (non-hydrogen) atoms. The lowest BCUT2D eigenvalue weighted by Gasteiger charge is -2.16. The number of imidazole rings is 1. The summed E-state index contributed by atoms with van der Waals surface area (Å²) in [6, 6.07) is 9.87. The molecule has 0 N–H and O–H groups in total. The highest BCUT2D eigenvalue weighted by Gasteiger charge is 2.18. The SMILES string of the molecule is O=c1c2ncn(-c3ccccc3)c2nc2n1CCCC2. The molecule has 0 saturated carbocycles. The third-order valence-corrected chi connectivity index (χ3v) is 3.80. The fourth-order valence-electron chi connectivity index (χ4n) is 2.78. The molecule has 1 aromatic carbocycles. The number of aryl methyl sites for hydroxylation is 1. The van der Waals surface area contributed by atoms with E-state index in [0.717, 1.165) is 37.3 Å². The van der Waals surface area contributed by atoms with Gasteiger partial charge in [0, 0.05) is 18.7 Å². The van der Waals surface area contributed by atoms with Crippen molar-refractivity contribution in [3.05, 3.63) is 52.8 Å². The molecule has 0 amide bonds. The number of rotatable bonds is 1. The Bertz CT molecular complexity index is 832. The molecule has 3 aromatic rings. The van der Waals surface area contributed by atoms with Gasteiger partial charge in [0.05, 0.1) is 0 Å². The number of benzene rings is 1. The van der Waals surface area contributed by atoms with E-state index in [-0.39, 0.29) is 5.56 Å². The van der Waals surface area contributed by atoms with Crippen LogP contribution in [0.4, 0.5) is 0 Å². The number of hydrogen-bond acceptors (Lipinski definition) is 3. The van der Waals surface area contributed by atoms with Gasteiger partial charge in [0.1, 0.15) is 12.2 Å². The fraction of sp³-hybridized carbons (Fsp3) is 0.267. The van der Waals surface area contributed by atoms with Crippen molar-refractivity contribution in [3.8, 4) is 5.69 Å².